The summed E-state index contributed by atoms with van der Waals surface area (Å²) in [6, 6.07) is 9.64. The normalized spacial score (nSPS) is 26.5. The van der Waals surface area contributed by atoms with Crippen LogP contribution in [0, 0.1) is 5.41 Å². The molecule has 1 aliphatic carbocycles. The lowest BCUT2D eigenvalue weighted by molar-refractivity contribution is -0.139. The number of carbonyl (C=O) groups is 2. The Labute approximate surface area is 218 Å². The van der Waals surface area contributed by atoms with Crippen molar-refractivity contribution in [3.8, 4) is 11.1 Å². The summed E-state index contributed by atoms with van der Waals surface area (Å²) in [5.41, 5.74) is 2.10. The average Bonchev–Trinajstić information content (AvgIpc) is 3.19. The van der Waals surface area contributed by atoms with E-state index in [4.69, 9.17) is 16.6 Å². The molecule has 2 saturated heterocycles. The van der Waals surface area contributed by atoms with E-state index in [1.807, 2.05) is 36.5 Å². The number of halogens is 1. The molecule has 5 rings (SSSR count). The molecule has 0 unspecified atom stereocenters. The highest BCUT2D eigenvalue weighted by Crippen LogP contribution is 2.44. The number of hydrogen-bond donors (Lipinski definition) is 1. The van der Waals surface area contributed by atoms with Crippen LogP contribution in [0.4, 0.5) is 5.82 Å². The van der Waals surface area contributed by atoms with Crippen molar-refractivity contribution in [2.75, 3.05) is 38.6 Å². The van der Waals surface area contributed by atoms with Crippen LogP contribution in [0.3, 0.4) is 0 Å². The lowest BCUT2D eigenvalue weighted by Crippen LogP contribution is -2.50. The lowest BCUT2D eigenvalue weighted by atomic mass is 9.78. The zero-order valence-electron chi connectivity index (χ0n) is 21.1. The number of benzene rings is 1. The predicted molar refractivity (Wildman–Crippen MR) is 141 cm³/mol. The summed E-state index contributed by atoms with van der Waals surface area (Å²) in [5.74, 6) is 0.966. The van der Waals surface area contributed by atoms with Crippen LogP contribution in [-0.2, 0) is 4.79 Å². The SMILES string of the molecule is CN(C)C(=O)c1ccc(-c2cnc(N3CCC[C@@]4(CCN([C@H]5CC[C@@H](O)CC5)C4=O)C3)c(Cl)c2)cc1. The highest BCUT2D eigenvalue weighted by Gasteiger charge is 2.51. The van der Waals surface area contributed by atoms with Crippen LogP contribution >= 0.6 is 11.6 Å². The van der Waals surface area contributed by atoms with Gasteiger partial charge in [-0.1, -0.05) is 23.7 Å². The van der Waals surface area contributed by atoms with E-state index in [-0.39, 0.29) is 29.4 Å². The number of piperidine rings is 1. The van der Waals surface area contributed by atoms with Crippen molar-refractivity contribution in [1.82, 2.24) is 14.8 Å². The Bertz CT molecular complexity index is 1130. The molecule has 1 aromatic carbocycles. The Morgan fingerprint density at radius 2 is 1.81 bits per heavy atom. The first-order valence-corrected chi connectivity index (χ1v) is 13.4. The van der Waals surface area contributed by atoms with E-state index in [2.05, 4.69) is 9.80 Å². The van der Waals surface area contributed by atoms with Gasteiger partial charge in [0.05, 0.1) is 16.5 Å². The van der Waals surface area contributed by atoms with Gasteiger partial charge >= 0.3 is 0 Å². The van der Waals surface area contributed by atoms with Crippen LogP contribution in [0.25, 0.3) is 11.1 Å². The van der Waals surface area contributed by atoms with Gasteiger partial charge in [-0.05, 0) is 68.7 Å². The number of aliphatic hydroxyl groups excluding tert-OH is 1. The zero-order chi connectivity index (χ0) is 25.4. The number of amides is 2. The molecular weight excluding hydrogens is 476 g/mol. The van der Waals surface area contributed by atoms with Gasteiger partial charge in [-0.2, -0.15) is 0 Å². The lowest BCUT2D eigenvalue weighted by Gasteiger charge is -2.41. The van der Waals surface area contributed by atoms with Gasteiger partial charge in [-0.3, -0.25) is 9.59 Å². The fourth-order valence-electron chi connectivity index (χ4n) is 6.14. The molecule has 0 radical (unpaired) electrons. The zero-order valence-corrected chi connectivity index (χ0v) is 21.9. The monoisotopic (exact) mass is 510 g/mol. The third-order valence-electron chi connectivity index (χ3n) is 8.22. The molecule has 3 heterocycles. The maximum atomic E-state index is 13.6. The Balaban J connectivity index is 1.30. The summed E-state index contributed by atoms with van der Waals surface area (Å²) in [6.07, 6.45) is 7.68. The van der Waals surface area contributed by atoms with E-state index in [1.54, 1.807) is 19.0 Å². The van der Waals surface area contributed by atoms with Gasteiger partial charge in [0.2, 0.25) is 5.91 Å². The number of hydrogen-bond acceptors (Lipinski definition) is 5. The third-order valence-corrected chi connectivity index (χ3v) is 8.50. The number of anilines is 1. The van der Waals surface area contributed by atoms with E-state index in [1.165, 1.54) is 0 Å². The molecule has 1 spiro atoms. The van der Waals surface area contributed by atoms with Crippen LogP contribution in [0.5, 0.6) is 0 Å². The molecule has 2 aliphatic heterocycles. The summed E-state index contributed by atoms with van der Waals surface area (Å²) in [5, 5.41) is 10.4. The van der Waals surface area contributed by atoms with Crippen molar-refractivity contribution < 1.29 is 14.7 Å². The third kappa shape index (κ3) is 4.71. The minimum absolute atomic E-state index is 0.0341. The Morgan fingerprint density at radius 1 is 1.08 bits per heavy atom. The number of pyridine rings is 1. The van der Waals surface area contributed by atoms with Crippen molar-refractivity contribution in [2.24, 2.45) is 5.41 Å². The van der Waals surface area contributed by atoms with Gasteiger partial charge in [0.25, 0.3) is 5.91 Å². The minimum Gasteiger partial charge on any atom is -0.393 e. The van der Waals surface area contributed by atoms with Crippen molar-refractivity contribution >= 4 is 29.2 Å². The number of aliphatic hydroxyl groups is 1. The maximum absolute atomic E-state index is 13.6. The number of nitrogens with zero attached hydrogens (tertiary/aromatic N) is 4. The quantitative estimate of drug-likeness (QED) is 0.666. The smallest absolute Gasteiger partial charge is 0.253 e. The largest absolute Gasteiger partial charge is 0.393 e. The van der Waals surface area contributed by atoms with Crippen molar-refractivity contribution in [1.29, 1.82) is 0 Å². The number of likely N-dealkylation sites (tertiary alicyclic amines) is 1. The Morgan fingerprint density at radius 3 is 2.47 bits per heavy atom. The van der Waals surface area contributed by atoms with Crippen LogP contribution in [-0.4, -0.2) is 77.6 Å². The molecule has 3 fully saturated rings. The fraction of sp³-hybridized carbons (Fsp3) is 0.536. The van der Waals surface area contributed by atoms with Crippen molar-refractivity contribution in [2.45, 2.75) is 57.1 Å². The van der Waals surface area contributed by atoms with Crippen molar-refractivity contribution in [3.63, 3.8) is 0 Å². The van der Waals surface area contributed by atoms with E-state index in [9.17, 15) is 14.7 Å². The molecule has 36 heavy (non-hydrogen) atoms. The Hall–Kier alpha value is -2.64. The fourth-order valence-corrected chi connectivity index (χ4v) is 6.43. The molecule has 1 aromatic heterocycles. The van der Waals surface area contributed by atoms with Gasteiger partial charge in [0.1, 0.15) is 5.82 Å². The van der Waals surface area contributed by atoms with Crippen LogP contribution in [0.15, 0.2) is 36.5 Å². The van der Waals surface area contributed by atoms with Crippen molar-refractivity contribution in [3.05, 3.63) is 47.1 Å². The summed E-state index contributed by atoms with van der Waals surface area (Å²) >= 11 is 6.75. The molecule has 0 bridgehead atoms. The highest BCUT2D eigenvalue weighted by atomic mass is 35.5. The first-order chi connectivity index (χ1) is 17.3. The van der Waals surface area contributed by atoms with Crippen LogP contribution in [0.2, 0.25) is 5.02 Å². The predicted octanol–water partition coefficient (Wildman–Crippen LogP) is 4.23. The molecule has 2 aromatic rings. The highest BCUT2D eigenvalue weighted by molar-refractivity contribution is 6.33. The molecule has 1 N–H and O–H groups in total. The van der Waals surface area contributed by atoms with Gasteiger partial charge in [-0.15, -0.1) is 0 Å². The van der Waals surface area contributed by atoms with E-state index < -0.39 is 0 Å². The molecule has 1 atom stereocenters. The molecule has 192 valence electrons. The standard InChI is InChI=1S/C28H35ClN4O3/c1-31(2)26(35)20-6-4-19(5-7-20)21-16-24(29)25(30-17-21)32-14-3-12-28(18-32)13-15-33(27(28)36)22-8-10-23(34)11-9-22/h4-7,16-17,22-23,34H,3,8-15,18H2,1-2H3/t22-,23+,28-/m1/s1. The first kappa shape index (κ1) is 25.0. The molecule has 8 heteroatoms. The first-order valence-electron chi connectivity index (χ1n) is 13.0. The second-order valence-electron chi connectivity index (χ2n) is 10.8. The summed E-state index contributed by atoms with van der Waals surface area (Å²) in [6.45, 7) is 2.28. The van der Waals surface area contributed by atoms with E-state index >= 15 is 0 Å². The maximum Gasteiger partial charge on any atom is 0.253 e. The second kappa shape index (κ2) is 10.0. The summed E-state index contributed by atoms with van der Waals surface area (Å²) in [7, 11) is 3.47. The van der Waals surface area contributed by atoms with Gasteiger partial charge < -0.3 is 19.8 Å². The average molecular weight is 511 g/mol. The molecule has 7 nitrogen and oxygen atoms in total. The molecule has 3 aliphatic rings. The Kier molecular flexibility index (Phi) is 6.97. The topological polar surface area (TPSA) is 77.0 Å². The summed E-state index contributed by atoms with van der Waals surface area (Å²) < 4.78 is 0. The number of carbonyl (C=O) groups excluding carboxylic acids is 2. The van der Waals surface area contributed by atoms with Gasteiger partial charge in [-0.25, -0.2) is 4.98 Å². The molecule has 1 saturated carbocycles. The van der Waals surface area contributed by atoms with E-state index in [0.29, 0.717) is 17.1 Å². The minimum atomic E-state index is -0.368. The van der Waals surface area contributed by atoms with Gasteiger partial charge in [0.15, 0.2) is 0 Å². The number of aromatic nitrogens is 1. The summed E-state index contributed by atoms with van der Waals surface area (Å²) in [4.78, 5) is 36.4. The second-order valence-corrected chi connectivity index (χ2v) is 11.2. The molecule has 2 amide bonds. The number of rotatable bonds is 4. The van der Waals surface area contributed by atoms with Crippen LogP contribution < -0.4 is 4.90 Å². The van der Waals surface area contributed by atoms with E-state index in [0.717, 1.165) is 75.0 Å². The van der Waals surface area contributed by atoms with Gasteiger partial charge in [0, 0.05) is 57.1 Å². The molecular formula is C28H35ClN4O3. The van der Waals surface area contributed by atoms with Crippen LogP contribution in [0.1, 0.15) is 55.3 Å².